The third-order valence-corrected chi connectivity index (χ3v) is 5.10. The molecule has 162 valence electrons. The van der Waals surface area contributed by atoms with Gasteiger partial charge in [-0.1, -0.05) is 76.9 Å². The average molecular weight is 382 g/mol. The zero-order valence-electron chi connectivity index (χ0n) is 18.9. The van der Waals surface area contributed by atoms with E-state index in [-0.39, 0.29) is 6.04 Å². The molecule has 2 atom stereocenters. The molecule has 0 bridgehead atoms. The minimum atomic E-state index is 0.239. The number of nitrogens with one attached hydrogen (secondary N) is 2. The Balaban J connectivity index is 3.15. The van der Waals surface area contributed by atoms with Gasteiger partial charge in [0.1, 0.15) is 0 Å². The fourth-order valence-electron chi connectivity index (χ4n) is 3.28. The van der Waals surface area contributed by atoms with Gasteiger partial charge < -0.3 is 16.4 Å². The molecule has 0 aliphatic heterocycles. The number of allylic oxidation sites excluding steroid dienone is 2. The number of hydrogen-bond donors (Lipinski definition) is 3. The van der Waals surface area contributed by atoms with Crippen LogP contribution in [0.5, 0.6) is 0 Å². The predicted molar refractivity (Wildman–Crippen MR) is 123 cm³/mol. The van der Waals surface area contributed by atoms with Gasteiger partial charge in [-0.2, -0.15) is 0 Å². The Morgan fingerprint density at radius 3 is 1.78 bits per heavy atom. The molecule has 0 heterocycles. The maximum Gasteiger partial charge on any atom is 0.0164 e. The molecule has 0 saturated heterocycles. The molecule has 0 aromatic rings. The fourth-order valence-corrected chi connectivity index (χ4v) is 3.28. The first-order valence-electron chi connectivity index (χ1n) is 12.0. The Hall–Kier alpha value is -0.380. The molecule has 0 amide bonds. The number of nitrogens with two attached hydrogens (primary N) is 1. The Morgan fingerprint density at radius 1 is 0.704 bits per heavy atom. The first kappa shape index (κ1) is 26.6. The van der Waals surface area contributed by atoms with Gasteiger partial charge in [-0.15, -0.1) is 0 Å². The van der Waals surface area contributed by atoms with E-state index in [1.54, 1.807) is 0 Å². The van der Waals surface area contributed by atoms with E-state index in [2.05, 4.69) is 36.6 Å². The summed E-state index contributed by atoms with van der Waals surface area (Å²) in [5, 5.41) is 6.99. The molecule has 0 fully saturated rings. The van der Waals surface area contributed by atoms with Gasteiger partial charge in [-0.25, -0.2) is 0 Å². The Labute approximate surface area is 171 Å². The second-order valence-electron chi connectivity index (χ2n) is 8.43. The summed E-state index contributed by atoms with van der Waals surface area (Å²) in [4.78, 5) is 0. The molecule has 0 aliphatic rings. The summed E-state index contributed by atoms with van der Waals surface area (Å²) < 4.78 is 0. The van der Waals surface area contributed by atoms with Crippen molar-refractivity contribution in [2.24, 2.45) is 5.73 Å². The predicted octanol–water partition coefficient (Wildman–Crippen LogP) is 5.94. The second-order valence-corrected chi connectivity index (χ2v) is 8.43. The van der Waals surface area contributed by atoms with Crippen molar-refractivity contribution in [1.29, 1.82) is 0 Å². The van der Waals surface area contributed by atoms with Crippen molar-refractivity contribution < 1.29 is 0 Å². The normalized spacial score (nSPS) is 14.1. The molecule has 3 heteroatoms. The molecule has 4 N–H and O–H groups in total. The van der Waals surface area contributed by atoms with Crippen LogP contribution < -0.4 is 16.4 Å². The van der Waals surface area contributed by atoms with Crippen molar-refractivity contribution in [2.75, 3.05) is 19.6 Å². The molecular formula is C24H51N3. The summed E-state index contributed by atoms with van der Waals surface area (Å²) >= 11 is 0. The van der Waals surface area contributed by atoms with Gasteiger partial charge in [0.05, 0.1) is 0 Å². The Bertz CT molecular complexity index is 302. The third-order valence-electron chi connectivity index (χ3n) is 5.10. The van der Waals surface area contributed by atoms with Crippen molar-refractivity contribution in [1.82, 2.24) is 10.6 Å². The van der Waals surface area contributed by atoms with E-state index in [1.165, 1.54) is 89.9 Å². The summed E-state index contributed by atoms with van der Waals surface area (Å²) in [7, 11) is 0. The van der Waals surface area contributed by atoms with Gasteiger partial charge in [-0.05, 0) is 52.5 Å². The third kappa shape index (κ3) is 23.6. The lowest BCUT2D eigenvalue weighted by atomic mass is 10.1. The molecule has 0 radical (unpaired) electrons. The largest absolute Gasteiger partial charge is 0.327 e. The number of unbranched alkanes of at least 4 members (excludes halogenated alkanes) is 12. The van der Waals surface area contributed by atoms with E-state index < -0.39 is 0 Å². The number of hydrogen-bond acceptors (Lipinski definition) is 3. The first-order chi connectivity index (χ1) is 13.2. The summed E-state index contributed by atoms with van der Waals surface area (Å²) in [5.41, 5.74) is 5.75. The van der Waals surface area contributed by atoms with Crippen LogP contribution in [0.25, 0.3) is 0 Å². The van der Waals surface area contributed by atoms with Crippen molar-refractivity contribution in [3.05, 3.63) is 12.2 Å². The molecular weight excluding hydrogens is 330 g/mol. The Kier molecular flexibility index (Phi) is 21.6. The SMILES string of the molecule is CCCCCCCCC=CCCCCCCCCNCC(C)NCC(C)N. The van der Waals surface area contributed by atoms with Gasteiger partial charge >= 0.3 is 0 Å². The maximum absolute atomic E-state index is 5.75. The lowest BCUT2D eigenvalue weighted by molar-refractivity contribution is 0.475. The molecule has 27 heavy (non-hydrogen) atoms. The van der Waals surface area contributed by atoms with Crippen LogP contribution in [-0.2, 0) is 0 Å². The van der Waals surface area contributed by atoms with E-state index in [1.807, 2.05) is 6.92 Å². The fraction of sp³-hybridized carbons (Fsp3) is 0.917. The summed E-state index contributed by atoms with van der Waals surface area (Å²) in [6, 6.07) is 0.744. The molecule has 0 saturated carbocycles. The molecule has 3 nitrogen and oxygen atoms in total. The van der Waals surface area contributed by atoms with Crippen molar-refractivity contribution in [3.63, 3.8) is 0 Å². The zero-order chi connectivity index (χ0) is 20.0. The van der Waals surface area contributed by atoms with Crippen LogP contribution in [0.3, 0.4) is 0 Å². The van der Waals surface area contributed by atoms with Crippen LogP contribution in [0.4, 0.5) is 0 Å². The quantitative estimate of drug-likeness (QED) is 0.170. The van der Waals surface area contributed by atoms with Gasteiger partial charge in [0.15, 0.2) is 0 Å². The van der Waals surface area contributed by atoms with Crippen LogP contribution in [0.2, 0.25) is 0 Å². The molecule has 2 unspecified atom stereocenters. The van der Waals surface area contributed by atoms with Gasteiger partial charge in [-0.3, -0.25) is 0 Å². The highest BCUT2D eigenvalue weighted by molar-refractivity contribution is 4.81. The average Bonchev–Trinajstić information content (AvgIpc) is 2.65. The molecule has 0 aromatic carbocycles. The lowest BCUT2D eigenvalue weighted by Crippen LogP contribution is -2.41. The minimum Gasteiger partial charge on any atom is -0.327 e. The molecule has 0 aliphatic carbocycles. The monoisotopic (exact) mass is 381 g/mol. The lowest BCUT2D eigenvalue weighted by Gasteiger charge is -2.16. The van der Waals surface area contributed by atoms with E-state index in [0.29, 0.717) is 6.04 Å². The molecule has 0 rings (SSSR count). The molecule has 0 aromatic heterocycles. The van der Waals surface area contributed by atoms with E-state index in [9.17, 15) is 0 Å². The van der Waals surface area contributed by atoms with Crippen LogP contribution >= 0.6 is 0 Å². The highest BCUT2D eigenvalue weighted by atomic mass is 15.0. The van der Waals surface area contributed by atoms with Crippen LogP contribution in [-0.4, -0.2) is 31.7 Å². The van der Waals surface area contributed by atoms with Crippen LogP contribution in [0.1, 0.15) is 111 Å². The summed E-state index contributed by atoms with van der Waals surface area (Å²) in [6.07, 6.45) is 24.0. The minimum absolute atomic E-state index is 0.239. The van der Waals surface area contributed by atoms with Crippen LogP contribution in [0.15, 0.2) is 12.2 Å². The van der Waals surface area contributed by atoms with Gasteiger partial charge in [0, 0.05) is 25.2 Å². The van der Waals surface area contributed by atoms with Crippen LogP contribution in [0, 0.1) is 0 Å². The number of rotatable bonds is 21. The standard InChI is InChI=1S/C24H51N3/c1-4-5-6-7-8-9-10-11-12-13-14-15-16-17-18-19-20-26-22-24(3)27-21-23(2)25/h11-12,23-24,26-27H,4-10,13-22,25H2,1-3H3. The van der Waals surface area contributed by atoms with E-state index in [0.717, 1.165) is 19.6 Å². The first-order valence-corrected chi connectivity index (χ1v) is 12.0. The smallest absolute Gasteiger partial charge is 0.0164 e. The topological polar surface area (TPSA) is 50.1 Å². The maximum atomic E-state index is 5.75. The Morgan fingerprint density at radius 2 is 1.22 bits per heavy atom. The van der Waals surface area contributed by atoms with Crippen molar-refractivity contribution in [3.8, 4) is 0 Å². The zero-order valence-corrected chi connectivity index (χ0v) is 18.9. The molecule has 0 spiro atoms. The summed E-state index contributed by atoms with van der Waals surface area (Å²) in [6.45, 7) is 9.63. The second kappa shape index (κ2) is 21.9. The van der Waals surface area contributed by atoms with Gasteiger partial charge in [0.2, 0.25) is 0 Å². The van der Waals surface area contributed by atoms with E-state index >= 15 is 0 Å². The van der Waals surface area contributed by atoms with Crippen molar-refractivity contribution in [2.45, 2.75) is 123 Å². The van der Waals surface area contributed by atoms with Crippen molar-refractivity contribution >= 4 is 0 Å². The highest BCUT2D eigenvalue weighted by Crippen LogP contribution is 2.09. The summed E-state index contributed by atoms with van der Waals surface area (Å²) in [5.74, 6) is 0. The van der Waals surface area contributed by atoms with E-state index in [4.69, 9.17) is 5.73 Å². The highest BCUT2D eigenvalue weighted by Gasteiger charge is 2.01. The van der Waals surface area contributed by atoms with Gasteiger partial charge in [0.25, 0.3) is 0 Å².